The molecule has 1 aromatic carbocycles. The third kappa shape index (κ3) is 3.29. The van der Waals surface area contributed by atoms with Crippen LogP contribution in [0.2, 0.25) is 0 Å². The van der Waals surface area contributed by atoms with Crippen molar-refractivity contribution < 1.29 is 0 Å². The molecule has 1 aromatic heterocycles. The van der Waals surface area contributed by atoms with Gasteiger partial charge >= 0.3 is 0 Å². The predicted octanol–water partition coefficient (Wildman–Crippen LogP) is 2.66. The molecule has 98 valence electrons. The van der Waals surface area contributed by atoms with Gasteiger partial charge in [-0.25, -0.2) is 0 Å². The first-order chi connectivity index (χ1) is 9.08. The SMILES string of the molecule is Cc1ccc(N(C)Cc2cccnc2)c(C(N)=S)c1. The Hall–Kier alpha value is -1.94. The van der Waals surface area contributed by atoms with E-state index >= 15 is 0 Å². The van der Waals surface area contributed by atoms with Gasteiger partial charge in [-0.05, 0) is 30.7 Å². The van der Waals surface area contributed by atoms with Gasteiger partial charge in [-0.3, -0.25) is 4.98 Å². The summed E-state index contributed by atoms with van der Waals surface area (Å²) < 4.78 is 0. The van der Waals surface area contributed by atoms with Crippen LogP contribution in [0.4, 0.5) is 5.69 Å². The zero-order valence-electron chi connectivity index (χ0n) is 11.1. The van der Waals surface area contributed by atoms with Crippen LogP contribution in [0, 0.1) is 6.92 Å². The van der Waals surface area contributed by atoms with Crippen molar-refractivity contribution in [3.8, 4) is 0 Å². The van der Waals surface area contributed by atoms with E-state index in [2.05, 4.69) is 28.1 Å². The Morgan fingerprint density at radius 3 is 2.79 bits per heavy atom. The minimum absolute atomic E-state index is 0.428. The minimum Gasteiger partial charge on any atom is -0.389 e. The molecule has 0 saturated carbocycles. The Bertz CT molecular complexity index is 581. The molecule has 0 amide bonds. The highest BCUT2D eigenvalue weighted by atomic mass is 32.1. The largest absolute Gasteiger partial charge is 0.389 e. The number of rotatable bonds is 4. The first kappa shape index (κ1) is 13.5. The monoisotopic (exact) mass is 271 g/mol. The van der Waals surface area contributed by atoms with Crippen LogP contribution in [0.15, 0.2) is 42.7 Å². The number of nitrogens with two attached hydrogens (primary N) is 1. The highest BCUT2D eigenvalue weighted by molar-refractivity contribution is 7.80. The van der Waals surface area contributed by atoms with Gasteiger partial charge in [0.15, 0.2) is 0 Å². The minimum atomic E-state index is 0.428. The average molecular weight is 271 g/mol. The van der Waals surface area contributed by atoms with Crippen molar-refractivity contribution >= 4 is 22.9 Å². The second-order valence-corrected chi connectivity index (χ2v) is 5.04. The van der Waals surface area contributed by atoms with E-state index in [-0.39, 0.29) is 0 Å². The van der Waals surface area contributed by atoms with Crippen LogP contribution < -0.4 is 10.6 Å². The molecule has 2 aromatic rings. The van der Waals surface area contributed by atoms with Crippen molar-refractivity contribution in [2.75, 3.05) is 11.9 Å². The molecule has 0 aliphatic rings. The van der Waals surface area contributed by atoms with Crippen molar-refractivity contribution in [1.82, 2.24) is 4.98 Å². The molecule has 1 heterocycles. The maximum Gasteiger partial charge on any atom is 0.106 e. The van der Waals surface area contributed by atoms with Crippen LogP contribution in [0.1, 0.15) is 16.7 Å². The number of pyridine rings is 1. The van der Waals surface area contributed by atoms with Crippen LogP contribution in [0.5, 0.6) is 0 Å². The first-order valence-electron chi connectivity index (χ1n) is 6.08. The highest BCUT2D eigenvalue weighted by Crippen LogP contribution is 2.22. The molecule has 0 bridgehead atoms. The summed E-state index contributed by atoms with van der Waals surface area (Å²) in [5.41, 5.74) is 10.1. The Morgan fingerprint density at radius 1 is 1.37 bits per heavy atom. The average Bonchev–Trinajstić information content (AvgIpc) is 2.39. The van der Waals surface area contributed by atoms with Crippen molar-refractivity contribution in [1.29, 1.82) is 0 Å². The lowest BCUT2D eigenvalue weighted by Crippen LogP contribution is -2.21. The Balaban J connectivity index is 2.28. The molecule has 3 nitrogen and oxygen atoms in total. The lowest BCUT2D eigenvalue weighted by molar-refractivity contribution is 0.913. The van der Waals surface area contributed by atoms with E-state index < -0.39 is 0 Å². The number of nitrogens with zero attached hydrogens (tertiary/aromatic N) is 2. The van der Waals surface area contributed by atoms with Gasteiger partial charge in [0.05, 0.1) is 0 Å². The summed E-state index contributed by atoms with van der Waals surface area (Å²) >= 11 is 5.13. The van der Waals surface area contributed by atoms with Crippen LogP contribution in [0.25, 0.3) is 0 Å². The van der Waals surface area contributed by atoms with Crippen molar-refractivity contribution in [2.45, 2.75) is 13.5 Å². The predicted molar refractivity (Wildman–Crippen MR) is 83.4 cm³/mol. The van der Waals surface area contributed by atoms with E-state index in [4.69, 9.17) is 18.0 Å². The van der Waals surface area contributed by atoms with Crippen LogP contribution in [0.3, 0.4) is 0 Å². The van der Waals surface area contributed by atoms with Gasteiger partial charge in [0.1, 0.15) is 4.99 Å². The number of hydrogen-bond acceptors (Lipinski definition) is 3. The van der Waals surface area contributed by atoms with Crippen molar-refractivity contribution in [3.63, 3.8) is 0 Å². The molecule has 4 heteroatoms. The van der Waals surface area contributed by atoms with E-state index in [1.165, 1.54) is 0 Å². The molecular formula is C15H17N3S. The third-order valence-electron chi connectivity index (χ3n) is 2.97. The molecule has 0 aliphatic heterocycles. The zero-order valence-corrected chi connectivity index (χ0v) is 11.9. The summed E-state index contributed by atoms with van der Waals surface area (Å²) in [5.74, 6) is 0. The van der Waals surface area contributed by atoms with Gasteiger partial charge in [-0.1, -0.05) is 29.9 Å². The second-order valence-electron chi connectivity index (χ2n) is 4.60. The van der Waals surface area contributed by atoms with E-state index in [0.717, 1.165) is 28.9 Å². The van der Waals surface area contributed by atoms with Gasteiger partial charge in [0.25, 0.3) is 0 Å². The van der Waals surface area contributed by atoms with Gasteiger partial charge in [0.2, 0.25) is 0 Å². The summed E-state index contributed by atoms with van der Waals surface area (Å²) in [7, 11) is 2.03. The molecule has 0 fully saturated rings. The molecular weight excluding hydrogens is 254 g/mol. The summed E-state index contributed by atoms with van der Waals surface area (Å²) in [6.07, 6.45) is 3.64. The van der Waals surface area contributed by atoms with Crippen molar-refractivity contribution in [3.05, 3.63) is 59.4 Å². The topological polar surface area (TPSA) is 42.2 Å². The maximum absolute atomic E-state index is 5.81. The molecule has 19 heavy (non-hydrogen) atoms. The zero-order chi connectivity index (χ0) is 13.8. The number of benzene rings is 1. The Labute approximate surface area is 119 Å². The quantitative estimate of drug-likeness (QED) is 0.868. The van der Waals surface area contributed by atoms with Gasteiger partial charge in [-0.2, -0.15) is 0 Å². The molecule has 0 atom stereocenters. The summed E-state index contributed by atoms with van der Waals surface area (Å²) in [6, 6.07) is 10.1. The smallest absolute Gasteiger partial charge is 0.106 e. The van der Waals surface area contributed by atoms with Gasteiger partial charge in [0, 0.05) is 37.2 Å². The van der Waals surface area contributed by atoms with E-state index in [1.54, 1.807) is 6.20 Å². The second kappa shape index (κ2) is 5.80. The van der Waals surface area contributed by atoms with Gasteiger partial charge < -0.3 is 10.6 Å². The lowest BCUT2D eigenvalue weighted by atomic mass is 10.1. The number of anilines is 1. The third-order valence-corrected chi connectivity index (χ3v) is 3.19. The molecule has 0 saturated heterocycles. The molecule has 0 radical (unpaired) electrons. The first-order valence-corrected chi connectivity index (χ1v) is 6.49. The maximum atomic E-state index is 5.81. The fourth-order valence-corrected chi connectivity index (χ4v) is 2.19. The Morgan fingerprint density at radius 2 is 2.16 bits per heavy atom. The van der Waals surface area contributed by atoms with Crippen LogP contribution in [-0.4, -0.2) is 17.0 Å². The van der Waals surface area contributed by atoms with Crippen LogP contribution >= 0.6 is 12.2 Å². The van der Waals surface area contributed by atoms with E-state index in [0.29, 0.717) is 4.99 Å². The molecule has 0 unspecified atom stereocenters. The van der Waals surface area contributed by atoms with E-state index in [9.17, 15) is 0 Å². The lowest BCUT2D eigenvalue weighted by Gasteiger charge is -2.22. The standard InChI is InChI=1S/C15H17N3S/c1-11-5-6-14(13(8-11)15(16)19)18(2)10-12-4-3-7-17-9-12/h3-9H,10H2,1-2H3,(H2,16,19). The Kier molecular flexibility index (Phi) is 4.12. The molecule has 2 rings (SSSR count). The van der Waals surface area contributed by atoms with Crippen molar-refractivity contribution in [2.24, 2.45) is 5.73 Å². The fourth-order valence-electron chi connectivity index (χ4n) is 2.03. The van der Waals surface area contributed by atoms with Crippen LogP contribution in [-0.2, 0) is 6.54 Å². The molecule has 0 aliphatic carbocycles. The van der Waals surface area contributed by atoms with Gasteiger partial charge in [-0.15, -0.1) is 0 Å². The molecule has 2 N–H and O–H groups in total. The van der Waals surface area contributed by atoms with E-state index in [1.807, 2.05) is 32.3 Å². The number of hydrogen-bond donors (Lipinski definition) is 1. The molecule has 0 spiro atoms. The number of aromatic nitrogens is 1. The summed E-state index contributed by atoms with van der Waals surface area (Å²) in [6.45, 7) is 2.80. The highest BCUT2D eigenvalue weighted by Gasteiger charge is 2.10. The number of aryl methyl sites for hydroxylation is 1. The number of thiocarbonyl (C=S) groups is 1. The normalized spacial score (nSPS) is 10.2. The fraction of sp³-hybridized carbons (Fsp3) is 0.200. The summed E-state index contributed by atoms with van der Waals surface area (Å²) in [5, 5.41) is 0. The summed E-state index contributed by atoms with van der Waals surface area (Å²) in [4.78, 5) is 6.68.